The predicted molar refractivity (Wildman–Crippen MR) is 134 cm³/mol. The predicted octanol–water partition coefficient (Wildman–Crippen LogP) is 3.03. The van der Waals surface area contributed by atoms with E-state index in [0.717, 1.165) is 20.8 Å². The van der Waals surface area contributed by atoms with E-state index >= 15 is 0 Å². The highest BCUT2D eigenvalue weighted by Gasteiger charge is 2.53. The molecule has 0 N–H and O–H groups in total. The van der Waals surface area contributed by atoms with Gasteiger partial charge < -0.3 is 28.4 Å². The van der Waals surface area contributed by atoms with Gasteiger partial charge in [0.15, 0.2) is 18.0 Å². The van der Waals surface area contributed by atoms with Gasteiger partial charge in [-0.15, -0.1) is 0 Å². The molecule has 3 rings (SSSR count). The Kier molecular flexibility index (Phi) is 10.0. The molecule has 5 atom stereocenters. The van der Waals surface area contributed by atoms with Crippen LogP contribution in [0.4, 0.5) is 0 Å². The van der Waals surface area contributed by atoms with Crippen molar-refractivity contribution in [2.75, 3.05) is 6.61 Å². The quantitative estimate of drug-likeness (QED) is 0.253. The molecule has 2 aromatic rings. The lowest BCUT2D eigenvalue weighted by Gasteiger charge is -2.43. The second-order valence-electron chi connectivity index (χ2n) is 8.55. The maximum atomic E-state index is 12.8. The third kappa shape index (κ3) is 8.26. The first kappa shape index (κ1) is 29.6. The molecule has 0 unspecified atom stereocenters. The lowest BCUT2D eigenvalue weighted by atomic mass is 9.98. The van der Waals surface area contributed by atoms with Crippen molar-refractivity contribution < 1.29 is 52.4 Å². The number of hydrogen-bond donors (Lipinski definition) is 0. The topological polar surface area (TPSA) is 141 Å². The lowest BCUT2D eigenvalue weighted by molar-refractivity contribution is -0.288. The van der Waals surface area contributed by atoms with Crippen LogP contribution in [0.25, 0.3) is 0 Å². The van der Waals surface area contributed by atoms with Gasteiger partial charge in [-0.1, -0.05) is 11.6 Å². The van der Waals surface area contributed by atoms with Crippen LogP contribution >= 0.6 is 11.6 Å². The Balaban J connectivity index is 1.90. The highest BCUT2D eigenvalue weighted by Crippen LogP contribution is 2.31. The van der Waals surface area contributed by atoms with Crippen molar-refractivity contribution in [3.63, 3.8) is 0 Å². The standard InChI is InChI=1S/C27H27ClO11/c1-14(29)34-13-22-24(35-15(2)30)25(36-16(3)31)26(37-17(4)32)27(39-22)38-21-11-7-19(8-12-21)23(33)18-5-9-20(28)10-6-18/h5-12,22,24-27H,13H2,1-4H3/t22-,24-,25+,26-,27-/m1/s1. The van der Waals surface area contributed by atoms with E-state index in [1.54, 1.807) is 24.3 Å². The summed E-state index contributed by atoms with van der Waals surface area (Å²) in [5.74, 6) is -2.92. The smallest absolute Gasteiger partial charge is 0.303 e. The summed E-state index contributed by atoms with van der Waals surface area (Å²) in [5.41, 5.74) is 0.805. The molecule has 1 aliphatic heterocycles. The van der Waals surface area contributed by atoms with Crippen molar-refractivity contribution in [2.24, 2.45) is 0 Å². The van der Waals surface area contributed by atoms with Gasteiger partial charge >= 0.3 is 23.9 Å². The average Bonchev–Trinajstić information content (AvgIpc) is 2.86. The monoisotopic (exact) mass is 562 g/mol. The van der Waals surface area contributed by atoms with Crippen LogP contribution in [0.15, 0.2) is 48.5 Å². The Morgan fingerprint density at radius 1 is 0.692 bits per heavy atom. The number of halogens is 1. The minimum absolute atomic E-state index is 0.212. The summed E-state index contributed by atoms with van der Waals surface area (Å²) in [5, 5.41) is 0.500. The molecule has 0 amide bonds. The van der Waals surface area contributed by atoms with Gasteiger partial charge in [0, 0.05) is 43.8 Å². The molecule has 2 aromatic carbocycles. The van der Waals surface area contributed by atoms with Crippen LogP contribution in [0.3, 0.4) is 0 Å². The van der Waals surface area contributed by atoms with Gasteiger partial charge in [-0.05, 0) is 48.5 Å². The minimum atomic E-state index is -1.39. The number of benzene rings is 2. The van der Waals surface area contributed by atoms with Crippen molar-refractivity contribution in [3.05, 3.63) is 64.7 Å². The maximum Gasteiger partial charge on any atom is 0.303 e. The highest BCUT2D eigenvalue weighted by molar-refractivity contribution is 6.30. The number of rotatable bonds is 9. The Morgan fingerprint density at radius 2 is 1.18 bits per heavy atom. The molecule has 11 nitrogen and oxygen atoms in total. The molecule has 0 radical (unpaired) electrons. The summed E-state index contributed by atoms with van der Waals surface area (Å²) in [7, 11) is 0. The van der Waals surface area contributed by atoms with Crippen molar-refractivity contribution in [3.8, 4) is 5.75 Å². The second kappa shape index (κ2) is 13.2. The van der Waals surface area contributed by atoms with E-state index in [2.05, 4.69) is 0 Å². The summed E-state index contributed by atoms with van der Waals surface area (Å²) in [4.78, 5) is 60.0. The van der Waals surface area contributed by atoms with Crippen molar-refractivity contribution in [1.82, 2.24) is 0 Å². The van der Waals surface area contributed by atoms with E-state index in [9.17, 15) is 24.0 Å². The summed E-state index contributed by atoms with van der Waals surface area (Å²) in [6.07, 6.45) is -6.57. The number of esters is 4. The van der Waals surface area contributed by atoms with E-state index in [1.807, 2.05) is 0 Å². The minimum Gasteiger partial charge on any atom is -0.463 e. The molecular weight excluding hydrogens is 536 g/mol. The van der Waals surface area contributed by atoms with Gasteiger partial charge in [0.2, 0.25) is 12.4 Å². The number of ether oxygens (including phenoxy) is 6. The van der Waals surface area contributed by atoms with Gasteiger partial charge in [0.1, 0.15) is 18.5 Å². The van der Waals surface area contributed by atoms with Crippen LogP contribution in [0.2, 0.25) is 5.02 Å². The van der Waals surface area contributed by atoms with E-state index in [0.29, 0.717) is 16.1 Å². The molecule has 12 heteroatoms. The van der Waals surface area contributed by atoms with Crippen molar-refractivity contribution in [1.29, 1.82) is 0 Å². The lowest BCUT2D eigenvalue weighted by Crippen LogP contribution is -2.63. The Bertz CT molecular complexity index is 1210. The zero-order chi connectivity index (χ0) is 28.7. The first-order valence-corrected chi connectivity index (χ1v) is 12.2. The average molecular weight is 563 g/mol. The molecule has 39 heavy (non-hydrogen) atoms. The fraction of sp³-hybridized carbons (Fsp3) is 0.370. The van der Waals surface area contributed by atoms with Gasteiger partial charge in [-0.25, -0.2) is 0 Å². The van der Waals surface area contributed by atoms with E-state index in [-0.39, 0.29) is 18.1 Å². The van der Waals surface area contributed by atoms with Crippen LogP contribution < -0.4 is 4.74 Å². The molecule has 0 aromatic heterocycles. The third-order valence-electron chi connectivity index (χ3n) is 5.42. The van der Waals surface area contributed by atoms with Crippen LogP contribution in [-0.2, 0) is 42.9 Å². The molecule has 1 aliphatic rings. The van der Waals surface area contributed by atoms with Crippen molar-refractivity contribution in [2.45, 2.75) is 58.4 Å². The molecule has 0 saturated carbocycles. The van der Waals surface area contributed by atoms with Crippen molar-refractivity contribution >= 4 is 41.3 Å². The first-order valence-electron chi connectivity index (χ1n) is 11.8. The van der Waals surface area contributed by atoms with Gasteiger partial charge in [-0.3, -0.25) is 24.0 Å². The number of carbonyl (C=O) groups excluding carboxylic acids is 5. The summed E-state index contributed by atoms with van der Waals surface area (Å²) in [6, 6.07) is 12.5. The number of hydrogen-bond acceptors (Lipinski definition) is 11. The zero-order valence-electron chi connectivity index (χ0n) is 21.6. The Hall–Kier alpha value is -3.96. The fourth-order valence-corrected chi connectivity index (χ4v) is 4.00. The van der Waals surface area contributed by atoms with E-state index < -0.39 is 54.6 Å². The normalized spacial score (nSPS) is 22.2. The molecule has 1 heterocycles. The van der Waals surface area contributed by atoms with Crippen LogP contribution in [0.1, 0.15) is 43.6 Å². The second-order valence-corrected chi connectivity index (χ2v) is 8.98. The third-order valence-corrected chi connectivity index (χ3v) is 5.68. The molecule has 0 spiro atoms. The fourth-order valence-electron chi connectivity index (χ4n) is 3.87. The molecule has 0 aliphatic carbocycles. The van der Waals surface area contributed by atoms with Crippen LogP contribution in [0, 0.1) is 0 Å². The maximum absolute atomic E-state index is 12.8. The summed E-state index contributed by atoms with van der Waals surface area (Å²) < 4.78 is 33.0. The summed E-state index contributed by atoms with van der Waals surface area (Å²) in [6.45, 7) is 4.18. The zero-order valence-corrected chi connectivity index (χ0v) is 22.3. The van der Waals surface area contributed by atoms with Crippen LogP contribution in [0.5, 0.6) is 5.75 Å². The van der Waals surface area contributed by atoms with E-state index in [1.165, 1.54) is 31.2 Å². The molecule has 1 saturated heterocycles. The molecule has 1 fully saturated rings. The summed E-state index contributed by atoms with van der Waals surface area (Å²) >= 11 is 5.89. The highest BCUT2D eigenvalue weighted by atomic mass is 35.5. The largest absolute Gasteiger partial charge is 0.463 e. The molecular formula is C27H27ClO11. The van der Waals surface area contributed by atoms with Gasteiger partial charge in [0.25, 0.3) is 0 Å². The van der Waals surface area contributed by atoms with Gasteiger partial charge in [-0.2, -0.15) is 0 Å². The SMILES string of the molecule is CC(=O)OC[C@H]1O[C@@H](Oc2ccc(C(=O)c3ccc(Cl)cc3)cc2)[C@H](OC(C)=O)[C@@H](OC(C)=O)[C@@H]1OC(C)=O. The molecule has 0 bridgehead atoms. The van der Waals surface area contributed by atoms with Crippen LogP contribution in [-0.4, -0.2) is 67.0 Å². The Labute approximate surface area is 229 Å². The Morgan fingerprint density at radius 3 is 1.69 bits per heavy atom. The van der Waals surface area contributed by atoms with Gasteiger partial charge in [0.05, 0.1) is 0 Å². The number of carbonyl (C=O) groups is 5. The molecule has 208 valence electrons. The number of ketones is 1. The first-order chi connectivity index (χ1) is 18.4. The van der Waals surface area contributed by atoms with E-state index in [4.69, 9.17) is 40.0 Å².